The van der Waals surface area contributed by atoms with Gasteiger partial charge in [-0.15, -0.1) is 0 Å². The molecule has 0 amide bonds. The van der Waals surface area contributed by atoms with E-state index in [1.165, 1.54) is 11.1 Å². The normalized spacial score (nSPS) is 30.6. The summed E-state index contributed by atoms with van der Waals surface area (Å²) in [5.41, 5.74) is 1.81. The number of halogens is 5. The number of phenolic OH excluding ortho intramolecular Hbond substituents is 1. The first-order chi connectivity index (χ1) is 20.1. The first-order valence-electron chi connectivity index (χ1n) is 16.2. The van der Waals surface area contributed by atoms with Crippen LogP contribution in [0.15, 0.2) is 18.2 Å². The zero-order valence-electron chi connectivity index (χ0n) is 25.9. The molecule has 0 saturated heterocycles. The minimum atomic E-state index is -5.56. The Hall–Kier alpha value is -1.51. The van der Waals surface area contributed by atoms with Crippen molar-refractivity contribution in [2.75, 3.05) is 11.5 Å². The third-order valence-electron chi connectivity index (χ3n) is 10.0. The highest BCUT2D eigenvalue weighted by Gasteiger charge is 2.57. The van der Waals surface area contributed by atoms with Crippen LogP contribution in [-0.4, -0.2) is 38.7 Å². The second-order valence-electron chi connectivity index (χ2n) is 12.7. The predicted octanol–water partition coefficient (Wildman–Crippen LogP) is 8.89. The Balaban J connectivity index is 1.20. The Morgan fingerprint density at radius 2 is 1.66 bits per heavy atom. The van der Waals surface area contributed by atoms with Gasteiger partial charge < -0.3 is 5.11 Å². The maximum atomic E-state index is 13.1. The molecular weight excluding hydrogens is 559 g/mol. The number of unbranched alkanes of at least 4 members (excludes halogenated alkanes) is 6. The molecule has 1 N–H and O–H groups in total. The van der Waals surface area contributed by atoms with Gasteiger partial charge in [0.2, 0.25) is 0 Å². The van der Waals surface area contributed by atoms with Gasteiger partial charge in [0, 0.05) is 43.3 Å². The lowest BCUT2D eigenvalue weighted by atomic mass is 9.52. The number of benzene rings is 1. The van der Waals surface area contributed by atoms with Crippen LogP contribution in [0.1, 0.15) is 117 Å². The van der Waals surface area contributed by atoms with Crippen LogP contribution in [0.25, 0.3) is 0 Å². The minimum Gasteiger partial charge on any atom is -0.508 e. The SMILES string of the molecule is [2H]C1([2H])C[C@H]2[C@@H]3[C@H](CCCCCCCCCS(=O)CCCC(F)(F)C(F)(F)F)Cc4cc(O)ccc4[C@H]3CC[C@]2(C)C1=O. The second kappa shape index (κ2) is 13.4. The van der Waals surface area contributed by atoms with Crippen LogP contribution in [0.3, 0.4) is 0 Å². The van der Waals surface area contributed by atoms with Gasteiger partial charge >= 0.3 is 12.1 Å². The molecule has 0 aromatic heterocycles. The molecule has 0 spiro atoms. The van der Waals surface area contributed by atoms with Gasteiger partial charge in [-0.05, 0) is 91.9 Å². The van der Waals surface area contributed by atoms with Crippen LogP contribution in [0.4, 0.5) is 22.0 Å². The first kappa shape index (κ1) is 29.6. The van der Waals surface area contributed by atoms with Gasteiger partial charge in [-0.2, -0.15) is 22.0 Å². The van der Waals surface area contributed by atoms with Crippen molar-refractivity contribution >= 4 is 16.6 Å². The molecular formula is C32H45F5O3S. The summed E-state index contributed by atoms with van der Waals surface area (Å²) < 4.78 is 91.4. The average Bonchev–Trinajstić information content (AvgIpc) is 3.10. The zero-order valence-corrected chi connectivity index (χ0v) is 24.7. The topological polar surface area (TPSA) is 54.4 Å². The third-order valence-corrected chi connectivity index (χ3v) is 11.5. The summed E-state index contributed by atoms with van der Waals surface area (Å²) in [5, 5.41) is 10.1. The number of Topliss-reactive ketones (excluding diaryl/α,β-unsaturated/α-hetero) is 1. The lowest BCUT2D eigenvalue weighted by Crippen LogP contribution is -2.46. The molecule has 6 atom stereocenters. The fourth-order valence-corrected chi connectivity index (χ4v) is 8.90. The molecule has 0 heterocycles. The fourth-order valence-electron chi connectivity index (χ4n) is 7.70. The molecule has 0 aliphatic heterocycles. The largest absolute Gasteiger partial charge is 0.508 e. The monoisotopic (exact) mass is 606 g/mol. The molecule has 0 bridgehead atoms. The molecule has 4 rings (SSSR count). The molecule has 232 valence electrons. The first-order valence-corrected chi connectivity index (χ1v) is 16.7. The molecule has 2 fully saturated rings. The van der Waals surface area contributed by atoms with Crippen LogP contribution in [0, 0.1) is 23.2 Å². The van der Waals surface area contributed by atoms with E-state index in [1.54, 1.807) is 6.07 Å². The van der Waals surface area contributed by atoms with Gasteiger partial charge in [0.15, 0.2) is 0 Å². The predicted molar refractivity (Wildman–Crippen MR) is 152 cm³/mol. The van der Waals surface area contributed by atoms with Crippen molar-refractivity contribution < 1.29 is 38.8 Å². The van der Waals surface area contributed by atoms with Gasteiger partial charge in [0.05, 0.1) is 0 Å². The van der Waals surface area contributed by atoms with Crippen molar-refractivity contribution in [1.82, 2.24) is 0 Å². The van der Waals surface area contributed by atoms with E-state index in [1.807, 2.05) is 19.1 Å². The average molecular weight is 607 g/mol. The molecule has 3 aliphatic carbocycles. The van der Waals surface area contributed by atoms with Crippen molar-refractivity contribution in [1.29, 1.82) is 0 Å². The lowest BCUT2D eigenvalue weighted by molar-refractivity contribution is -0.284. The Kier molecular flexibility index (Phi) is 9.67. The third kappa shape index (κ3) is 7.53. The Morgan fingerprint density at radius 1 is 1.00 bits per heavy atom. The van der Waals surface area contributed by atoms with Crippen LogP contribution in [0.2, 0.25) is 0 Å². The Labute approximate surface area is 246 Å². The van der Waals surface area contributed by atoms with Crippen molar-refractivity contribution in [2.45, 2.75) is 121 Å². The number of aromatic hydroxyl groups is 1. The summed E-state index contributed by atoms with van der Waals surface area (Å²) in [6.45, 7) is 1.98. The zero-order chi connectivity index (χ0) is 31.6. The van der Waals surface area contributed by atoms with E-state index in [4.69, 9.17) is 2.74 Å². The maximum absolute atomic E-state index is 13.1. The minimum absolute atomic E-state index is 0.0207. The van der Waals surface area contributed by atoms with Crippen LogP contribution in [-0.2, 0) is 22.0 Å². The molecule has 3 aliphatic rings. The summed E-state index contributed by atoms with van der Waals surface area (Å²) in [6, 6.07) is 5.63. The molecule has 2 saturated carbocycles. The number of rotatable bonds is 14. The van der Waals surface area contributed by atoms with Gasteiger partial charge in [-0.25, -0.2) is 0 Å². The second-order valence-corrected chi connectivity index (χ2v) is 14.4. The van der Waals surface area contributed by atoms with Crippen LogP contribution < -0.4 is 0 Å². The van der Waals surface area contributed by atoms with Crippen molar-refractivity contribution in [3.05, 3.63) is 29.3 Å². The summed E-state index contributed by atoms with van der Waals surface area (Å²) in [7, 11) is -1.39. The number of carbonyl (C=O) groups is 1. The van der Waals surface area contributed by atoms with Crippen molar-refractivity contribution in [3.8, 4) is 5.75 Å². The van der Waals surface area contributed by atoms with E-state index in [0.29, 0.717) is 24.5 Å². The standard InChI is InChI=1S/C32H45F5O3S/c1-30-17-15-26-25-12-11-24(38)21-23(25)20-22(29(26)27(30)13-14-28(30)39)10-7-5-3-2-4-6-8-18-41(40)19-9-16-31(33,34)32(35,36)37/h11-12,21-22,26-27,29,38H,2-10,13-20H2,1H3/t22-,26-,27+,29-,30+,41?/m1/s1/i14D2. The molecule has 0 radical (unpaired) electrons. The van der Waals surface area contributed by atoms with E-state index in [-0.39, 0.29) is 41.5 Å². The van der Waals surface area contributed by atoms with Gasteiger partial charge in [-0.1, -0.05) is 51.5 Å². The van der Waals surface area contributed by atoms with Crippen LogP contribution >= 0.6 is 0 Å². The highest BCUT2D eigenvalue weighted by Crippen LogP contribution is 2.61. The van der Waals surface area contributed by atoms with E-state index >= 15 is 0 Å². The number of phenols is 1. The highest BCUT2D eigenvalue weighted by molar-refractivity contribution is 7.84. The van der Waals surface area contributed by atoms with Crippen LogP contribution in [0.5, 0.6) is 5.75 Å². The highest BCUT2D eigenvalue weighted by atomic mass is 32.2. The number of carbonyl (C=O) groups excluding carboxylic acids is 1. The number of fused-ring (bicyclic) bond motifs is 5. The summed E-state index contributed by atoms with van der Waals surface area (Å²) in [5.74, 6) is -3.65. The van der Waals surface area contributed by atoms with E-state index in [0.717, 1.165) is 57.8 Å². The molecule has 1 aromatic carbocycles. The molecule has 41 heavy (non-hydrogen) atoms. The van der Waals surface area contributed by atoms with E-state index in [9.17, 15) is 36.1 Å². The summed E-state index contributed by atoms with van der Waals surface area (Å²) in [6.07, 6.45) is 1.15. The Morgan fingerprint density at radius 3 is 2.37 bits per heavy atom. The van der Waals surface area contributed by atoms with E-state index in [2.05, 4.69) is 0 Å². The molecule has 1 unspecified atom stereocenters. The molecule has 9 heteroatoms. The summed E-state index contributed by atoms with van der Waals surface area (Å²) in [4.78, 5) is 13.1. The smallest absolute Gasteiger partial charge is 0.453 e. The summed E-state index contributed by atoms with van der Waals surface area (Å²) >= 11 is 0. The van der Waals surface area contributed by atoms with Gasteiger partial charge in [0.1, 0.15) is 11.5 Å². The van der Waals surface area contributed by atoms with Crippen molar-refractivity contribution in [2.24, 2.45) is 23.2 Å². The number of ketones is 1. The number of hydrogen-bond acceptors (Lipinski definition) is 3. The van der Waals surface area contributed by atoms with Gasteiger partial charge in [-0.3, -0.25) is 9.00 Å². The molecule has 3 nitrogen and oxygen atoms in total. The molecule has 1 aromatic rings. The number of alkyl halides is 5. The van der Waals surface area contributed by atoms with E-state index < -0.39 is 47.5 Å². The fraction of sp³-hybridized carbons (Fsp3) is 0.781. The Bertz CT molecular complexity index is 1160. The number of hydrogen-bond donors (Lipinski definition) is 1. The maximum Gasteiger partial charge on any atom is 0.453 e. The van der Waals surface area contributed by atoms with Crippen molar-refractivity contribution in [3.63, 3.8) is 0 Å². The lowest BCUT2D eigenvalue weighted by Gasteiger charge is -2.51. The quantitative estimate of drug-likeness (QED) is 0.170. The van der Waals surface area contributed by atoms with Gasteiger partial charge in [0.25, 0.3) is 0 Å².